The molecule has 32 heavy (non-hydrogen) atoms. The van der Waals surface area contributed by atoms with Crippen LogP contribution in [0.3, 0.4) is 0 Å². The van der Waals surface area contributed by atoms with Crippen molar-refractivity contribution in [3.05, 3.63) is 71.8 Å². The number of carbonyl (C=O) groups excluding carboxylic acids is 2. The molecule has 2 aromatic heterocycles. The molecule has 0 bridgehead atoms. The highest BCUT2D eigenvalue weighted by Crippen LogP contribution is 2.27. The van der Waals surface area contributed by atoms with E-state index in [-0.39, 0.29) is 17.6 Å². The number of benzene rings is 1. The first-order valence-electron chi connectivity index (χ1n) is 10.9. The van der Waals surface area contributed by atoms with Crippen LogP contribution in [0, 0.1) is 12.8 Å². The van der Waals surface area contributed by atoms with Crippen molar-refractivity contribution in [2.75, 3.05) is 17.2 Å². The number of rotatable bonds is 7. The highest BCUT2D eigenvalue weighted by Gasteiger charge is 2.17. The molecule has 1 saturated carbocycles. The second-order valence-electron chi connectivity index (χ2n) is 8.08. The lowest BCUT2D eigenvalue weighted by molar-refractivity contribution is 0.0993. The fourth-order valence-electron chi connectivity index (χ4n) is 3.83. The quantitative estimate of drug-likeness (QED) is 0.517. The van der Waals surface area contributed by atoms with Crippen LogP contribution in [-0.4, -0.2) is 23.4 Å². The molecule has 2 amide bonds. The number of carbonyl (C=O) groups is 2. The van der Waals surface area contributed by atoms with E-state index >= 15 is 0 Å². The van der Waals surface area contributed by atoms with E-state index in [0.717, 1.165) is 5.56 Å². The predicted molar refractivity (Wildman–Crippen MR) is 122 cm³/mol. The summed E-state index contributed by atoms with van der Waals surface area (Å²) < 4.78 is 11.1. The Bertz CT molecular complexity index is 1070. The van der Waals surface area contributed by atoms with Crippen molar-refractivity contribution in [1.82, 2.24) is 4.98 Å². The number of aryl methyl sites for hydroxylation is 1. The molecule has 1 aliphatic rings. The van der Waals surface area contributed by atoms with E-state index in [2.05, 4.69) is 15.6 Å². The summed E-state index contributed by atoms with van der Waals surface area (Å²) in [6.45, 7) is 2.48. The van der Waals surface area contributed by atoms with Gasteiger partial charge in [-0.2, -0.15) is 0 Å². The zero-order chi connectivity index (χ0) is 22.3. The van der Waals surface area contributed by atoms with E-state index in [1.807, 2.05) is 13.0 Å². The highest BCUT2D eigenvalue weighted by atomic mass is 16.5. The Balaban J connectivity index is 1.44. The molecule has 0 spiro atoms. The van der Waals surface area contributed by atoms with Crippen LogP contribution in [0.1, 0.15) is 58.6 Å². The zero-order valence-electron chi connectivity index (χ0n) is 18.1. The van der Waals surface area contributed by atoms with Gasteiger partial charge in [0.15, 0.2) is 17.3 Å². The van der Waals surface area contributed by atoms with Gasteiger partial charge in [-0.3, -0.25) is 9.59 Å². The largest absolute Gasteiger partial charge is 0.489 e. The number of furan rings is 1. The van der Waals surface area contributed by atoms with Crippen molar-refractivity contribution >= 4 is 23.3 Å². The van der Waals surface area contributed by atoms with Crippen molar-refractivity contribution in [3.63, 3.8) is 0 Å². The first kappa shape index (κ1) is 21.6. The average molecular weight is 434 g/mol. The van der Waals surface area contributed by atoms with Gasteiger partial charge in [0.25, 0.3) is 11.8 Å². The van der Waals surface area contributed by atoms with Crippen LogP contribution in [0.2, 0.25) is 0 Å². The van der Waals surface area contributed by atoms with Gasteiger partial charge in [0, 0.05) is 17.4 Å². The lowest BCUT2D eigenvalue weighted by Gasteiger charge is -2.22. The number of hydrogen-bond donors (Lipinski definition) is 2. The standard InChI is InChI=1S/C25H27N3O4/c1-17-11-12-19(15-20(17)27-25(30)22-10-6-14-31-22)24(29)28-23-21(9-5-13-26-23)32-16-18-7-3-2-4-8-18/h5-6,9-15,18H,2-4,7-8,16H2,1H3,(H,27,30)(H,26,28,29). The molecule has 7 nitrogen and oxygen atoms in total. The van der Waals surface area contributed by atoms with Crippen LogP contribution in [0.4, 0.5) is 11.5 Å². The molecular formula is C25H27N3O4. The third kappa shape index (κ3) is 5.35. The Hall–Kier alpha value is -3.61. The van der Waals surface area contributed by atoms with Crippen LogP contribution in [0.5, 0.6) is 5.75 Å². The summed E-state index contributed by atoms with van der Waals surface area (Å²) in [5.41, 5.74) is 1.76. The molecule has 1 fully saturated rings. The molecule has 2 heterocycles. The molecule has 3 aromatic rings. The van der Waals surface area contributed by atoms with Crippen molar-refractivity contribution in [2.45, 2.75) is 39.0 Å². The van der Waals surface area contributed by atoms with Crippen LogP contribution in [0.15, 0.2) is 59.3 Å². The number of amides is 2. The molecule has 0 saturated heterocycles. The Kier molecular flexibility index (Phi) is 6.84. The van der Waals surface area contributed by atoms with Gasteiger partial charge in [-0.05, 0) is 67.6 Å². The van der Waals surface area contributed by atoms with Gasteiger partial charge in [-0.1, -0.05) is 25.3 Å². The number of aromatic nitrogens is 1. The average Bonchev–Trinajstić information content (AvgIpc) is 3.36. The number of nitrogens with zero attached hydrogens (tertiary/aromatic N) is 1. The third-order valence-corrected chi connectivity index (χ3v) is 5.69. The van der Waals surface area contributed by atoms with Crippen molar-refractivity contribution < 1.29 is 18.7 Å². The molecule has 0 aliphatic heterocycles. The van der Waals surface area contributed by atoms with E-state index in [9.17, 15) is 9.59 Å². The summed E-state index contributed by atoms with van der Waals surface area (Å²) in [6.07, 6.45) is 9.20. The van der Waals surface area contributed by atoms with E-state index < -0.39 is 0 Å². The summed E-state index contributed by atoms with van der Waals surface area (Å²) in [5, 5.41) is 5.62. The number of pyridine rings is 1. The van der Waals surface area contributed by atoms with E-state index in [1.54, 1.807) is 42.6 Å². The highest BCUT2D eigenvalue weighted by molar-refractivity contribution is 6.07. The number of nitrogens with one attached hydrogen (secondary N) is 2. The van der Waals surface area contributed by atoms with Gasteiger partial charge in [0.1, 0.15) is 0 Å². The number of ether oxygens (including phenoxy) is 1. The minimum absolute atomic E-state index is 0.201. The fourth-order valence-corrected chi connectivity index (χ4v) is 3.83. The topological polar surface area (TPSA) is 93.5 Å². The van der Waals surface area contributed by atoms with Crippen LogP contribution in [-0.2, 0) is 0 Å². The Morgan fingerprint density at radius 2 is 1.91 bits per heavy atom. The molecule has 1 aliphatic carbocycles. The van der Waals surface area contributed by atoms with Crippen molar-refractivity contribution in [2.24, 2.45) is 5.92 Å². The molecule has 0 radical (unpaired) electrons. The second-order valence-corrected chi connectivity index (χ2v) is 8.08. The van der Waals surface area contributed by atoms with Gasteiger partial charge < -0.3 is 19.8 Å². The maximum absolute atomic E-state index is 12.9. The summed E-state index contributed by atoms with van der Waals surface area (Å²) in [4.78, 5) is 29.5. The Morgan fingerprint density at radius 1 is 1.06 bits per heavy atom. The maximum Gasteiger partial charge on any atom is 0.291 e. The summed E-state index contributed by atoms with van der Waals surface area (Å²) >= 11 is 0. The number of hydrogen-bond acceptors (Lipinski definition) is 5. The SMILES string of the molecule is Cc1ccc(C(=O)Nc2ncccc2OCC2CCCCC2)cc1NC(=O)c1ccco1. The molecule has 166 valence electrons. The lowest BCUT2D eigenvalue weighted by Crippen LogP contribution is -2.18. The molecule has 4 rings (SSSR count). The van der Waals surface area contributed by atoms with Crippen molar-refractivity contribution in [1.29, 1.82) is 0 Å². The smallest absolute Gasteiger partial charge is 0.291 e. The van der Waals surface area contributed by atoms with Crippen LogP contribution >= 0.6 is 0 Å². The van der Waals surface area contributed by atoms with Gasteiger partial charge in [0.2, 0.25) is 0 Å². The van der Waals surface area contributed by atoms with Crippen molar-refractivity contribution in [3.8, 4) is 5.75 Å². The third-order valence-electron chi connectivity index (χ3n) is 5.69. The van der Waals surface area contributed by atoms with Gasteiger partial charge in [-0.15, -0.1) is 0 Å². The van der Waals surface area contributed by atoms with Crippen LogP contribution < -0.4 is 15.4 Å². The number of anilines is 2. The van der Waals surface area contributed by atoms with E-state index in [1.165, 1.54) is 38.4 Å². The predicted octanol–water partition coefficient (Wildman–Crippen LogP) is 5.45. The Labute approximate surface area is 187 Å². The molecule has 1 aromatic carbocycles. The Morgan fingerprint density at radius 3 is 2.69 bits per heavy atom. The molecule has 0 atom stereocenters. The zero-order valence-corrected chi connectivity index (χ0v) is 18.1. The van der Waals surface area contributed by atoms with Gasteiger partial charge in [-0.25, -0.2) is 4.98 Å². The molecular weight excluding hydrogens is 406 g/mol. The lowest BCUT2D eigenvalue weighted by atomic mass is 9.90. The monoisotopic (exact) mass is 433 g/mol. The minimum atomic E-state index is -0.376. The normalized spacial score (nSPS) is 14.0. The summed E-state index contributed by atoms with van der Waals surface area (Å²) in [7, 11) is 0. The summed E-state index contributed by atoms with van der Waals surface area (Å²) in [5.74, 6) is 0.982. The first-order valence-corrected chi connectivity index (χ1v) is 10.9. The fraction of sp³-hybridized carbons (Fsp3) is 0.320. The molecule has 0 unspecified atom stereocenters. The molecule has 2 N–H and O–H groups in total. The summed E-state index contributed by atoms with van der Waals surface area (Å²) in [6, 6.07) is 12.0. The second kappa shape index (κ2) is 10.1. The van der Waals surface area contributed by atoms with Gasteiger partial charge in [0.05, 0.1) is 12.9 Å². The maximum atomic E-state index is 12.9. The van der Waals surface area contributed by atoms with E-state index in [0.29, 0.717) is 35.3 Å². The minimum Gasteiger partial charge on any atom is -0.489 e. The van der Waals surface area contributed by atoms with Gasteiger partial charge >= 0.3 is 0 Å². The van der Waals surface area contributed by atoms with E-state index in [4.69, 9.17) is 9.15 Å². The van der Waals surface area contributed by atoms with Crippen LogP contribution in [0.25, 0.3) is 0 Å². The first-order chi connectivity index (χ1) is 15.6. The molecule has 7 heteroatoms.